The van der Waals surface area contributed by atoms with E-state index in [0.29, 0.717) is 53.0 Å². The predicted molar refractivity (Wildman–Crippen MR) is 143 cm³/mol. The van der Waals surface area contributed by atoms with E-state index >= 15 is 0 Å². The summed E-state index contributed by atoms with van der Waals surface area (Å²) in [6.07, 6.45) is 0. The van der Waals surface area contributed by atoms with Crippen molar-refractivity contribution >= 4 is 75.5 Å². The van der Waals surface area contributed by atoms with Gasteiger partial charge in [-0.2, -0.15) is 5.10 Å². The van der Waals surface area contributed by atoms with Gasteiger partial charge in [0.1, 0.15) is 0 Å². The van der Waals surface area contributed by atoms with Crippen molar-refractivity contribution in [1.29, 1.82) is 0 Å². The van der Waals surface area contributed by atoms with Crippen LogP contribution in [0.5, 0.6) is 0 Å². The van der Waals surface area contributed by atoms with Gasteiger partial charge < -0.3 is 5.11 Å². The summed E-state index contributed by atoms with van der Waals surface area (Å²) in [5.41, 5.74) is 2.96. The molecule has 0 saturated heterocycles. The van der Waals surface area contributed by atoms with Crippen LogP contribution in [0.1, 0.15) is 30.0 Å². The maximum absolute atomic E-state index is 12.1. The normalized spacial score (nSPS) is 11.4. The van der Waals surface area contributed by atoms with Crippen LogP contribution >= 0.6 is 69.5 Å². The van der Waals surface area contributed by atoms with Crippen molar-refractivity contribution in [3.63, 3.8) is 0 Å². The largest absolute Gasteiger partial charge is 0.476 e. The van der Waals surface area contributed by atoms with Crippen molar-refractivity contribution in [2.45, 2.75) is 30.2 Å². The number of hydrogen-bond acceptors (Lipinski definition) is 5. The summed E-state index contributed by atoms with van der Waals surface area (Å²) in [6.45, 7) is 5.96. The quantitative estimate of drug-likeness (QED) is 0.234. The third-order valence-electron chi connectivity index (χ3n) is 4.71. The number of halogens is 4. The van der Waals surface area contributed by atoms with Crippen LogP contribution in [0, 0.1) is 6.92 Å². The summed E-state index contributed by atoms with van der Waals surface area (Å²) in [6, 6.07) is 10.2. The maximum Gasteiger partial charge on any atom is 0.357 e. The lowest BCUT2D eigenvalue weighted by Crippen LogP contribution is -2.02. The number of aromatic nitrogens is 3. The van der Waals surface area contributed by atoms with E-state index < -0.39 is 5.97 Å². The zero-order valence-electron chi connectivity index (χ0n) is 18.1. The molecule has 2 aromatic heterocycles. The van der Waals surface area contributed by atoms with Gasteiger partial charge in [-0.3, -0.25) is 0 Å². The van der Waals surface area contributed by atoms with Crippen LogP contribution in [0.4, 0.5) is 0 Å². The number of hydrogen-bond donors (Lipinski definition) is 1. The monoisotopic (exact) mass is 571 g/mol. The van der Waals surface area contributed by atoms with Crippen LogP contribution in [0.2, 0.25) is 20.1 Å². The van der Waals surface area contributed by atoms with E-state index in [1.165, 1.54) is 16.0 Å². The SMILES string of the molecule is Cc1c(-c2cc(Cl)cc(Cl)c2)c(C(=O)O)nn1-c1nc(-c2cc(Cl)cc(Cl)c2)c(SC(C)C)s1. The van der Waals surface area contributed by atoms with Crippen molar-refractivity contribution in [2.75, 3.05) is 0 Å². The van der Waals surface area contributed by atoms with Gasteiger partial charge >= 0.3 is 5.97 Å². The molecule has 2 heterocycles. The molecule has 0 radical (unpaired) electrons. The van der Waals surface area contributed by atoms with Crippen LogP contribution < -0.4 is 0 Å². The molecular weight excluding hydrogens is 556 g/mol. The Bertz CT molecular complexity index is 1380. The molecular formula is C23H17Cl4N3O2S2. The van der Waals surface area contributed by atoms with Gasteiger partial charge in [0, 0.05) is 36.5 Å². The lowest BCUT2D eigenvalue weighted by molar-refractivity contribution is 0.0691. The van der Waals surface area contributed by atoms with Crippen LogP contribution in [-0.2, 0) is 0 Å². The molecule has 0 aliphatic carbocycles. The Balaban J connectivity index is 1.93. The van der Waals surface area contributed by atoms with Crippen LogP contribution in [0.25, 0.3) is 27.5 Å². The predicted octanol–water partition coefficient (Wildman–Crippen LogP) is 8.78. The molecule has 0 fully saturated rings. The molecule has 2 aromatic carbocycles. The number of thiazole rings is 1. The first-order valence-electron chi connectivity index (χ1n) is 9.97. The van der Waals surface area contributed by atoms with Crippen LogP contribution in [0.15, 0.2) is 40.6 Å². The minimum absolute atomic E-state index is 0.114. The highest BCUT2D eigenvalue weighted by atomic mass is 35.5. The lowest BCUT2D eigenvalue weighted by atomic mass is 10.0. The molecule has 4 rings (SSSR count). The topological polar surface area (TPSA) is 68.0 Å². The Morgan fingerprint density at radius 2 is 1.50 bits per heavy atom. The van der Waals surface area contributed by atoms with Crippen molar-refractivity contribution in [1.82, 2.24) is 14.8 Å². The standard InChI is InChI=1S/C23H17Cl4N3O2S2/c1-10(2)33-22-19(13-6-16(26)9-17(27)7-13)28-23(34-22)30-11(3)18(20(29-30)21(31)32)12-4-14(24)8-15(25)5-12/h4-10H,1-3H3,(H,31,32). The molecule has 176 valence electrons. The highest BCUT2D eigenvalue weighted by Crippen LogP contribution is 2.42. The first-order valence-corrected chi connectivity index (χ1v) is 13.2. The van der Waals surface area contributed by atoms with E-state index in [0.717, 1.165) is 9.77 Å². The summed E-state index contributed by atoms with van der Waals surface area (Å²) >= 11 is 27.9. The number of carboxylic acid groups (broad SMARTS) is 1. The Hall–Kier alpha value is -1.74. The molecule has 11 heteroatoms. The van der Waals surface area contributed by atoms with Crippen molar-refractivity contribution in [2.24, 2.45) is 0 Å². The first-order chi connectivity index (χ1) is 16.0. The third kappa shape index (κ3) is 5.25. The van der Waals surface area contributed by atoms with Gasteiger partial charge in [-0.05, 0) is 48.9 Å². The molecule has 0 bridgehead atoms. The highest BCUT2D eigenvalue weighted by molar-refractivity contribution is 8.01. The van der Waals surface area contributed by atoms with Crippen molar-refractivity contribution in [3.8, 4) is 27.5 Å². The van der Waals surface area contributed by atoms with Crippen LogP contribution in [0.3, 0.4) is 0 Å². The summed E-state index contributed by atoms with van der Waals surface area (Å²) in [5, 5.41) is 16.9. The Morgan fingerprint density at radius 3 is 2.00 bits per heavy atom. The molecule has 0 atom stereocenters. The Kier molecular flexibility index (Phi) is 7.53. The van der Waals surface area contributed by atoms with Gasteiger partial charge in [0.05, 0.1) is 15.6 Å². The number of carbonyl (C=O) groups is 1. The molecule has 4 aromatic rings. The average molecular weight is 573 g/mol. The highest BCUT2D eigenvalue weighted by Gasteiger charge is 2.26. The minimum Gasteiger partial charge on any atom is -0.476 e. The number of rotatable bonds is 6. The van der Waals surface area contributed by atoms with E-state index in [1.54, 1.807) is 55.1 Å². The number of thioether (sulfide) groups is 1. The van der Waals surface area contributed by atoms with Crippen molar-refractivity contribution < 1.29 is 9.90 Å². The summed E-state index contributed by atoms with van der Waals surface area (Å²) in [5.74, 6) is -1.16. The second kappa shape index (κ2) is 10.1. The van der Waals surface area contributed by atoms with Gasteiger partial charge in [-0.1, -0.05) is 71.6 Å². The molecule has 0 aliphatic heterocycles. The van der Waals surface area contributed by atoms with Crippen molar-refractivity contribution in [3.05, 3.63) is 67.9 Å². The molecule has 0 saturated carbocycles. The van der Waals surface area contributed by atoms with Crippen LogP contribution in [-0.4, -0.2) is 31.1 Å². The maximum atomic E-state index is 12.1. The second-order valence-electron chi connectivity index (χ2n) is 7.64. The molecule has 34 heavy (non-hydrogen) atoms. The van der Waals surface area contributed by atoms with E-state index in [1.807, 2.05) is 0 Å². The van der Waals surface area contributed by atoms with Gasteiger partial charge in [-0.15, -0.1) is 11.8 Å². The third-order valence-corrected chi connectivity index (χ3v) is 7.83. The summed E-state index contributed by atoms with van der Waals surface area (Å²) in [7, 11) is 0. The second-order valence-corrected chi connectivity index (χ2v) is 12.2. The fraction of sp³-hybridized carbons (Fsp3) is 0.174. The van der Waals surface area contributed by atoms with E-state index in [9.17, 15) is 9.90 Å². The fourth-order valence-electron chi connectivity index (χ4n) is 3.43. The Morgan fingerprint density at radius 1 is 0.971 bits per heavy atom. The number of benzene rings is 2. The van der Waals surface area contributed by atoms with E-state index in [4.69, 9.17) is 51.4 Å². The minimum atomic E-state index is -1.16. The molecule has 0 unspecified atom stereocenters. The molecule has 0 spiro atoms. The zero-order valence-corrected chi connectivity index (χ0v) is 22.7. The molecule has 0 aliphatic rings. The van der Waals surface area contributed by atoms with Gasteiger partial charge in [0.15, 0.2) is 5.69 Å². The Labute approximate surface area is 224 Å². The molecule has 5 nitrogen and oxygen atoms in total. The van der Waals surface area contributed by atoms with Gasteiger partial charge in [-0.25, -0.2) is 14.5 Å². The summed E-state index contributed by atoms with van der Waals surface area (Å²) < 4.78 is 2.49. The average Bonchev–Trinajstić information content (AvgIpc) is 3.27. The van der Waals surface area contributed by atoms with Gasteiger partial charge in [0.2, 0.25) is 5.13 Å². The number of aromatic carboxylic acids is 1. The lowest BCUT2D eigenvalue weighted by Gasteiger charge is -2.05. The fourth-order valence-corrected chi connectivity index (χ4v) is 7.01. The zero-order chi connectivity index (χ0) is 24.7. The number of nitrogens with zero attached hydrogens (tertiary/aromatic N) is 3. The molecule has 0 amide bonds. The smallest absolute Gasteiger partial charge is 0.357 e. The first kappa shape index (κ1) is 25.4. The number of carboxylic acids is 1. The van der Waals surface area contributed by atoms with E-state index in [-0.39, 0.29) is 5.69 Å². The van der Waals surface area contributed by atoms with Gasteiger partial charge in [0.25, 0.3) is 0 Å². The summed E-state index contributed by atoms with van der Waals surface area (Å²) in [4.78, 5) is 16.9. The molecule has 1 N–H and O–H groups in total. The van der Waals surface area contributed by atoms with E-state index in [2.05, 4.69) is 18.9 Å².